The molecule has 7 nitrogen and oxygen atoms in total. The van der Waals surface area contributed by atoms with Crippen molar-refractivity contribution in [1.82, 2.24) is 4.90 Å². The van der Waals surface area contributed by atoms with Gasteiger partial charge >= 0.3 is 5.97 Å². The van der Waals surface area contributed by atoms with E-state index in [1.807, 2.05) is 6.07 Å². The first-order valence-electron chi connectivity index (χ1n) is 8.35. The van der Waals surface area contributed by atoms with Crippen molar-refractivity contribution in [2.45, 2.75) is 18.9 Å². The number of carbonyl (C=O) groups is 2. The molecule has 0 spiro atoms. The molecule has 134 valence electrons. The van der Waals surface area contributed by atoms with Crippen molar-refractivity contribution in [2.24, 2.45) is 0 Å². The van der Waals surface area contributed by atoms with Crippen LogP contribution in [0.4, 0.5) is 5.69 Å². The fourth-order valence-electron chi connectivity index (χ4n) is 2.89. The maximum Gasteiger partial charge on any atom is 0.339 e. The van der Waals surface area contributed by atoms with E-state index in [9.17, 15) is 19.7 Å². The fraction of sp³-hybridized carbons (Fsp3) is 0.263. The molecule has 2 aromatic rings. The number of hydrogen-bond donors (Lipinski definition) is 0. The Morgan fingerprint density at radius 3 is 2.19 bits per heavy atom. The van der Waals surface area contributed by atoms with E-state index < -0.39 is 17.0 Å². The number of nitrogens with zero attached hydrogens (tertiary/aromatic N) is 2. The largest absolute Gasteiger partial charge is 0.444 e. The molecule has 7 heteroatoms. The highest BCUT2D eigenvalue weighted by Gasteiger charge is 2.31. The number of rotatable bonds is 5. The van der Waals surface area contributed by atoms with E-state index in [0.717, 1.165) is 12.8 Å². The van der Waals surface area contributed by atoms with Gasteiger partial charge in [-0.1, -0.05) is 30.3 Å². The Kier molecular flexibility index (Phi) is 5.26. The molecule has 1 aliphatic heterocycles. The Balaban J connectivity index is 1.81. The number of nitro groups is 1. The highest BCUT2D eigenvalue weighted by Crippen LogP contribution is 2.24. The van der Waals surface area contributed by atoms with Crippen LogP contribution >= 0.6 is 0 Å². The molecule has 0 saturated carbocycles. The smallest absolute Gasteiger partial charge is 0.339 e. The molecule has 2 aromatic carbocycles. The number of non-ortho nitro benzene ring substituents is 1. The predicted octanol–water partition coefficient (Wildman–Crippen LogP) is 3.12. The van der Waals surface area contributed by atoms with E-state index in [1.165, 1.54) is 24.3 Å². The zero-order valence-corrected chi connectivity index (χ0v) is 14.0. The second-order valence-corrected chi connectivity index (χ2v) is 6.03. The Bertz CT molecular complexity index is 798. The molecule has 3 rings (SSSR count). The van der Waals surface area contributed by atoms with Crippen LogP contribution in [0.3, 0.4) is 0 Å². The van der Waals surface area contributed by atoms with Crippen LogP contribution < -0.4 is 0 Å². The maximum atomic E-state index is 12.8. The first-order valence-corrected chi connectivity index (χ1v) is 8.35. The number of carbonyl (C=O) groups excluding carboxylic acids is 2. The minimum absolute atomic E-state index is 0.116. The van der Waals surface area contributed by atoms with Gasteiger partial charge in [0.2, 0.25) is 6.10 Å². The van der Waals surface area contributed by atoms with Gasteiger partial charge < -0.3 is 9.64 Å². The quantitative estimate of drug-likeness (QED) is 0.467. The highest BCUT2D eigenvalue weighted by atomic mass is 16.6. The summed E-state index contributed by atoms with van der Waals surface area (Å²) in [6, 6.07) is 14.0. The van der Waals surface area contributed by atoms with Gasteiger partial charge in [0.15, 0.2) is 0 Å². The summed E-state index contributed by atoms with van der Waals surface area (Å²) < 4.78 is 5.50. The first kappa shape index (κ1) is 17.6. The number of likely N-dealkylation sites (tertiary alicyclic amines) is 1. The molecule has 1 aliphatic rings. The van der Waals surface area contributed by atoms with E-state index in [1.54, 1.807) is 29.2 Å². The number of nitro benzene ring substituents is 1. The summed E-state index contributed by atoms with van der Waals surface area (Å²) >= 11 is 0. The molecular weight excluding hydrogens is 336 g/mol. The monoisotopic (exact) mass is 354 g/mol. The predicted molar refractivity (Wildman–Crippen MR) is 93.5 cm³/mol. The van der Waals surface area contributed by atoms with Gasteiger partial charge in [0.25, 0.3) is 11.6 Å². The lowest BCUT2D eigenvalue weighted by Gasteiger charge is -2.23. The second kappa shape index (κ2) is 7.77. The van der Waals surface area contributed by atoms with E-state index in [4.69, 9.17) is 4.74 Å². The summed E-state index contributed by atoms with van der Waals surface area (Å²) in [7, 11) is 0. The molecular formula is C19H18N2O5. The van der Waals surface area contributed by atoms with Crippen molar-refractivity contribution >= 4 is 17.6 Å². The van der Waals surface area contributed by atoms with E-state index in [2.05, 4.69) is 0 Å². The Labute approximate surface area is 150 Å². The van der Waals surface area contributed by atoms with Crippen LogP contribution in [0.25, 0.3) is 0 Å². The van der Waals surface area contributed by atoms with Crippen molar-refractivity contribution in [3.8, 4) is 0 Å². The van der Waals surface area contributed by atoms with Crippen molar-refractivity contribution in [3.63, 3.8) is 0 Å². The lowest BCUT2D eigenvalue weighted by molar-refractivity contribution is -0.384. The van der Waals surface area contributed by atoms with Gasteiger partial charge in [-0.2, -0.15) is 0 Å². The molecule has 0 radical (unpaired) electrons. The molecule has 1 fully saturated rings. The van der Waals surface area contributed by atoms with Gasteiger partial charge in [0.05, 0.1) is 10.5 Å². The summed E-state index contributed by atoms with van der Waals surface area (Å²) in [5, 5.41) is 10.7. The molecule has 0 unspecified atom stereocenters. The summed E-state index contributed by atoms with van der Waals surface area (Å²) in [6.45, 7) is 1.30. The Hall–Kier alpha value is -3.22. The van der Waals surface area contributed by atoms with Crippen LogP contribution in [0, 0.1) is 10.1 Å². The first-order chi connectivity index (χ1) is 12.6. The van der Waals surface area contributed by atoms with Crippen molar-refractivity contribution in [3.05, 3.63) is 75.8 Å². The summed E-state index contributed by atoms with van der Waals surface area (Å²) in [6.07, 6.45) is 0.838. The van der Waals surface area contributed by atoms with Crippen LogP contribution in [-0.2, 0) is 9.53 Å². The molecule has 0 bridgehead atoms. The number of esters is 1. The topological polar surface area (TPSA) is 89.8 Å². The SMILES string of the molecule is O=C(O[C@@H](C(=O)N1CCCC1)c1ccccc1)c1ccc([N+](=O)[O-])cc1. The zero-order chi connectivity index (χ0) is 18.5. The van der Waals surface area contributed by atoms with Crippen LogP contribution in [-0.4, -0.2) is 34.8 Å². The third-order valence-electron chi connectivity index (χ3n) is 4.28. The molecule has 0 aliphatic carbocycles. The molecule has 0 N–H and O–H groups in total. The molecule has 26 heavy (non-hydrogen) atoms. The number of benzene rings is 2. The number of amides is 1. The average molecular weight is 354 g/mol. The van der Waals surface area contributed by atoms with Crippen molar-refractivity contribution < 1.29 is 19.2 Å². The van der Waals surface area contributed by atoms with Crippen LogP contribution in [0.5, 0.6) is 0 Å². The lowest BCUT2D eigenvalue weighted by atomic mass is 10.1. The summed E-state index contributed by atoms with van der Waals surface area (Å²) in [5.41, 5.74) is 0.639. The van der Waals surface area contributed by atoms with E-state index in [0.29, 0.717) is 18.7 Å². The number of hydrogen-bond acceptors (Lipinski definition) is 5. The van der Waals surface area contributed by atoms with Gasteiger partial charge in [-0.3, -0.25) is 14.9 Å². The van der Waals surface area contributed by atoms with Gasteiger partial charge in [0.1, 0.15) is 0 Å². The summed E-state index contributed by atoms with van der Waals surface area (Å²) in [5.74, 6) is -0.940. The minimum atomic E-state index is -1.03. The minimum Gasteiger partial charge on any atom is -0.444 e. The molecule has 1 atom stereocenters. The summed E-state index contributed by atoms with van der Waals surface area (Å²) in [4.78, 5) is 37.2. The van der Waals surface area contributed by atoms with Crippen molar-refractivity contribution in [1.29, 1.82) is 0 Å². The molecule has 1 heterocycles. The second-order valence-electron chi connectivity index (χ2n) is 6.03. The normalized spacial score (nSPS) is 14.7. The maximum absolute atomic E-state index is 12.8. The van der Waals surface area contributed by atoms with E-state index in [-0.39, 0.29) is 17.2 Å². The Morgan fingerprint density at radius 2 is 1.62 bits per heavy atom. The third-order valence-corrected chi connectivity index (χ3v) is 4.28. The number of ether oxygens (including phenoxy) is 1. The molecule has 0 aromatic heterocycles. The molecule has 1 amide bonds. The van der Waals surface area contributed by atoms with Gasteiger partial charge in [-0.25, -0.2) is 4.79 Å². The van der Waals surface area contributed by atoms with Crippen molar-refractivity contribution in [2.75, 3.05) is 13.1 Å². The van der Waals surface area contributed by atoms with Gasteiger partial charge in [-0.15, -0.1) is 0 Å². The van der Waals surface area contributed by atoms with Crippen LogP contribution in [0.2, 0.25) is 0 Å². The van der Waals surface area contributed by atoms with Gasteiger partial charge in [-0.05, 0) is 25.0 Å². The fourth-order valence-corrected chi connectivity index (χ4v) is 2.89. The van der Waals surface area contributed by atoms with Crippen LogP contribution in [0.15, 0.2) is 54.6 Å². The lowest BCUT2D eigenvalue weighted by Crippen LogP contribution is -2.34. The highest BCUT2D eigenvalue weighted by molar-refractivity contribution is 5.93. The van der Waals surface area contributed by atoms with E-state index >= 15 is 0 Å². The standard InChI is InChI=1S/C19H18N2O5/c22-18(20-12-4-5-13-20)17(14-6-2-1-3-7-14)26-19(23)15-8-10-16(11-9-15)21(24)25/h1-3,6-11,17H,4-5,12-13H2/t17-/m1/s1. The van der Waals surface area contributed by atoms with Gasteiger partial charge in [0, 0.05) is 30.8 Å². The average Bonchev–Trinajstić information content (AvgIpc) is 3.21. The third kappa shape index (κ3) is 3.88. The van der Waals surface area contributed by atoms with Crippen LogP contribution in [0.1, 0.15) is 34.9 Å². The zero-order valence-electron chi connectivity index (χ0n) is 14.0. The Morgan fingerprint density at radius 1 is 1.00 bits per heavy atom. The molecule has 1 saturated heterocycles.